The number of methoxy groups -OCH3 is 1. The maximum absolute atomic E-state index is 12.2. The average molecular weight is 248 g/mol. The molecule has 0 amide bonds. The van der Waals surface area contributed by atoms with Gasteiger partial charge in [0.2, 0.25) is 0 Å². The topological polar surface area (TPSA) is 9.23 Å². The fourth-order valence-corrected chi connectivity index (χ4v) is 1.19. The van der Waals surface area contributed by atoms with Gasteiger partial charge in [0, 0.05) is 5.02 Å². The van der Waals surface area contributed by atoms with Crippen molar-refractivity contribution in [2.75, 3.05) is 7.11 Å². The molecule has 0 spiro atoms. The minimum Gasteiger partial charge on any atom is -0.497 e. The van der Waals surface area contributed by atoms with Crippen molar-refractivity contribution in [3.63, 3.8) is 0 Å². The summed E-state index contributed by atoms with van der Waals surface area (Å²) in [6, 6.07) is 3.30. The van der Waals surface area contributed by atoms with E-state index in [0.717, 1.165) is 12.1 Å². The summed E-state index contributed by atoms with van der Waals surface area (Å²) in [5.74, 6) is 0.314. The van der Waals surface area contributed by atoms with Crippen LogP contribution < -0.4 is 61.6 Å². The van der Waals surface area contributed by atoms with Crippen molar-refractivity contribution < 1.29 is 69.1 Å². The first-order chi connectivity index (χ1) is 5.95. The Kier molecular flexibility index (Phi) is 6.10. The van der Waals surface area contributed by atoms with Crippen molar-refractivity contribution in [1.29, 1.82) is 0 Å². The summed E-state index contributed by atoms with van der Waals surface area (Å²) >= 11 is 5.41. The molecule has 1 aromatic carbocycles. The zero-order valence-corrected chi connectivity index (χ0v) is 11.6. The van der Waals surface area contributed by atoms with Crippen LogP contribution in [0.15, 0.2) is 18.2 Å². The molecule has 72 valence electrons. The van der Waals surface area contributed by atoms with E-state index in [1.165, 1.54) is 13.2 Å². The van der Waals surface area contributed by atoms with Gasteiger partial charge in [0.15, 0.2) is 0 Å². The first-order valence-electron chi connectivity index (χ1n) is 3.48. The second kappa shape index (κ2) is 5.77. The van der Waals surface area contributed by atoms with E-state index in [0.29, 0.717) is 5.75 Å². The minimum absolute atomic E-state index is 0. The number of rotatable bonds is 2. The van der Waals surface area contributed by atoms with E-state index in [9.17, 15) is 12.9 Å². The summed E-state index contributed by atoms with van der Waals surface area (Å²) in [7, 11) is 1.37. The van der Waals surface area contributed by atoms with Gasteiger partial charge in [-0.1, -0.05) is 23.1 Å². The first-order valence-corrected chi connectivity index (χ1v) is 3.86. The Hall–Kier alpha value is 0.801. The van der Waals surface area contributed by atoms with Gasteiger partial charge in [0.25, 0.3) is 0 Å². The maximum Gasteiger partial charge on any atom is 1.00 e. The second-order valence-electron chi connectivity index (χ2n) is 2.46. The first kappa shape index (κ1) is 14.8. The van der Waals surface area contributed by atoms with Crippen LogP contribution in [-0.2, 0) is 0 Å². The van der Waals surface area contributed by atoms with E-state index in [-0.39, 0.29) is 56.4 Å². The van der Waals surface area contributed by atoms with E-state index in [1.807, 2.05) is 0 Å². The van der Waals surface area contributed by atoms with Gasteiger partial charge in [-0.05, 0) is 12.1 Å². The summed E-state index contributed by atoms with van der Waals surface area (Å²) in [5.41, 5.74) is -0.789. The van der Waals surface area contributed by atoms with Gasteiger partial charge < -0.3 is 17.7 Å². The van der Waals surface area contributed by atoms with Crippen LogP contribution in [0.4, 0.5) is 12.9 Å². The number of ether oxygens (including phenoxy) is 1. The van der Waals surface area contributed by atoms with Crippen molar-refractivity contribution in [2.45, 2.75) is 0 Å². The normalized spacial score (nSPS) is 10.6. The van der Waals surface area contributed by atoms with Crippen LogP contribution in [-0.4, -0.2) is 14.1 Å². The number of benzene rings is 1. The molecular weight excluding hydrogens is 242 g/mol. The van der Waals surface area contributed by atoms with E-state index in [4.69, 9.17) is 16.3 Å². The molecule has 1 rings (SSSR count). The van der Waals surface area contributed by atoms with Gasteiger partial charge >= 0.3 is 58.4 Å². The van der Waals surface area contributed by atoms with Crippen LogP contribution in [0.2, 0.25) is 5.02 Å². The largest absolute Gasteiger partial charge is 1.00 e. The molecule has 0 aliphatic rings. The smallest absolute Gasteiger partial charge is 0.497 e. The van der Waals surface area contributed by atoms with Crippen LogP contribution in [0.1, 0.15) is 0 Å². The third-order valence-electron chi connectivity index (χ3n) is 1.56. The Balaban J connectivity index is 0.00000169. The number of halogens is 4. The molecule has 0 saturated carbocycles. The second-order valence-corrected chi connectivity index (χ2v) is 2.87. The molecule has 0 aliphatic heterocycles. The van der Waals surface area contributed by atoms with Crippen LogP contribution in [0.5, 0.6) is 5.75 Å². The third-order valence-corrected chi connectivity index (χ3v) is 1.89. The Labute approximate surface area is 127 Å². The van der Waals surface area contributed by atoms with Crippen LogP contribution in [0, 0.1) is 0 Å². The zero-order chi connectivity index (χ0) is 10.1. The van der Waals surface area contributed by atoms with Gasteiger partial charge in [-0.2, -0.15) is 0 Å². The Morgan fingerprint density at radius 2 is 1.86 bits per heavy atom. The third kappa shape index (κ3) is 3.75. The molecular formula is C7H6BClF3KO. The minimum atomic E-state index is -5.04. The molecule has 0 aromatic heterocycles. The molecule has 1 nitrogen and oxygen atoms in total. The summed E-state index contributed by atoms with van der Waals surface area (Å²) in [4.78, 5) is 0. The van der Waals surface area contributed by atoms with Crippen molar-refractivity contribution >= 4 is 24.0 Å². The average Bonchev–Trinajstić information content (AvgIpc) is 2.01. The zero-order valence-electron chi connectivity index (χ0n) is 7.73. The summed E-state index contributed by atoms with van der Waals surface area (Å²) in [6.07, 6.45) is 0. The molecule has 0 atom stereocenters. The predicted octanol–water partition coefficient (Wildman–Crippen LogP) is -0.593. The molecule has 0 heterocycles. The summed E-state index contributed by atoms with van der Waals surface area (Å²) in [5, 5.41) is -0.327. The van der Waals surface area contributed by atoms with Gasteiger partial charge in [0.05, 0.1) is 7.11 Å². The summed E-state index contributed by atoms with van der Waals surface area (Å²) in [6.45, 7) is -5.04. The van der Waals surface area contributed by atoms with Crippen LogP contribution in [0.25, 0.3) is 0 Å². The maximum atomic E-state index is 12.2. The van der Waals surface area contributed by atoms with E-state index in [1.54, 1.807) is 0 Å². The standard InChI is InChI=1S/C7H6BClF3O.K/c1-13-5-2-3-6(7(9)4-5)8(10,11)12;/h2-4H,1H3;/q-1;+1. The van der Waals surface area contributed by atoms with E-state index >= 15 is 0 Å². The fraction of sp³-hybridized carbons (Fsp3) is 0.143. The van der Waals surface area contributed by atoms with E-state index in [2.05, 4.69) is 0 Å². The van der Waals surface area contributed by atoms with Crippen LogP contribution >= 0.6 is 11.6 Å². The Morgan fingerprint density at radius 1 is 1.29 bits per heavy atom. The molecule has 0 N–H and O–H groups in total. The predicted molar refractivity (Wildman–Crippen MR) is 46.7 cm³/mol. The van der Waals surface area contributed by atoms with E-state index < -0.39 is 12.4 Å². The van der Waals surface area contributed by atoms with Crippen molar-refractivity contribution in [3.8, 4) is 5.75 Å². The number of hydrogen-bond acceptors (Lipinski definition) is 1. The monoisotopic (exact) mass is 248 g/mol. The SMILES string of the molecule is COc1ccc([B-](F)(F)F)c(Cl)c1.[K+]. The molecule has 1 aromatic rings. The molecule has 0 radical (unpaired) electrons. The van der Waals surface area contributed by atoms with Crippen molar-refractivity contribution in [1.82, 2.24) is 0 Å². The number of hydrogen-bond donors (Lipinski definition) is 0. The molecule has 0 saturated heterocycles. The molecule has 7 heteroatoms. The fourth-order valence-electron chi connectivity index (χ4n) is 0.900. The van der Waals surface area contributed by atoms with Gasteiger partial charge in [-0.3, -0.25) is 0 Å². The van der Waals surface area contributed by atoms with Gasteiger partial charge in [0.1, 0.15) is 5.75 Å². The molecule has 0 unspecified atom stereocenters. The van der Waals surface area contributed by atoms with Crippen LogP contribution in [0.3, 0.4) is 0 Å². The van der Waals surface area contributed by atoms with Gasteiger partial charge in [-0.15, -0.1) is 0 Å². The van der Waals surface area contributed by atoms with Gasteiger partial charge in [-0.25, -0.2) is 0 Å². The molecule has 0 fully saturated rings. The van der Waals surface area contributed by atoms with Crippen molar-refractivity contribution in [2.24, 2.45) is 0 Å². The van der Waals surface area contributed by atoms with Crippen molar-refractivity contribution in [3.05, 3.63) is 23.2 Å². The molecule has 0 bridgehead atoms. The summed E-state index contributed by atoms with van der Waals surface area (Å²) < 4.78 is 41.4. The Morgan fingerprint density at radius 3 is 2.21 bits per heavy atom. The molecule has 14 heavy (non-hydrogen) atoms. The quantitative estimate of drug-likeness (QED) is 0.636. The Bertz CT molecular complexity index is 318. The molecule has 0 aliphatic carbocycles.